The van der Waals surface area contributed by atoms with E-state index in [1.54, 1.807) is 7.11 Å². The van der Waals surface area contributed by atoms with E-state index >= 15 is 0 Å². The maximum absolute atomic E-state index is 4.99. The molecular formula is C10H21N3OSSi. The molecule has 0 aromatic carbocycles. The van der Waals surface area contributed by atoms with Gasteiger partial charge >= 0.3 is 0 Å². The van der Waals surface area contributed by atoms with Crippen molar-refractivity contribution in [1.29, 1.82) is 0 Å². The van der Waals surface area contributed by atoms with E-state index in [-0.39, 0.29) is 0 Å². The van der Waals surface area contributed by atoms with Gasteiger partial charge in [-0.3, -0.25) is 0 Å². The quantitative estimate of drug-likeness (QED) is 0.764. The summed E-state index contributed by atoms with van der Waals surface area (Å²) in [6, 6.07) is 1.26. The molecule has 1 rings (SSSR count). The van der Waals surface area contributed by atoms with Crippen LogP contribution in [0.1, 0.15) is 5.82 Å². The fourth-order valence-electron chi connectivity index (χ4n) is 1.17. The van der Waals surface area contributed by atoms with Crippen molar-refractivity contribution in [2.75, 3.05) is 25.6 Å². The Labute approximate surface area is 103 Å². The van der Waals surface area contributed by atoms with E-state index in [0.29, 0.717) is 6.61 Å². The van der Waals surface area contributed by atoms with Gasteiger partial charge in [-0.2, -0.15) is 4.37 Å². The van der Waals surface area contributed by atoms with Crippen molar-refractivity contribution in [2.45, 2.75) is 32.1 Å². The van der Waals surface area contributed by atoms with Gasteiger partial charge in [-0.05, 0) is 6.04 Å². The summed E-state index contributed by atoms with van der Waals surface area (Å²) >= 11 is 1.44. The van der Waals surface area contributed by atoms with Crippen LogP contribution in [0.15, 0.2) is 0 Å². The molecular weight excluding hydrogens is 238 g/mol. The monoisotopic (exact) mass is 259 g/mol. The molecule has 92 valence electrons. The van der Waals surface area contributed by atoms with Crippen LogP contribution in [0.2, 0.25) is 25.7 Å². The highest BCUT2D eigenvalue weighted by Gasteiger charge is 2.12. The normalized spacial score (nSPS) is 11.8. The van der Waals surface area contributed by atoms with Crippen molar-refractivity contribution in [1.82, 2.24) is 9.36 Å². The predicted octanol–water partition coefficient (Wildman–Crippen LogP) is 2.48. The van der Waals surface area contributed by atoms with Gasteiger partial charge in [0.05, 0.1) is 6.61 Å². The molecule has 0 aliphatic heterocycles. The first kappa shape index (κ1) is 13.6. The van der Waals surface area contributed by atoms with Crippen molar-refractivity contribution in [3.63, 3.8) is 0 Å². The molecule has 0 atom stereocenters. The third-order valence-corrected chi connectivity index (χ3v) is 4.61. The van der Waals surface area contributed by atoms with E-state index in [0.717, 1.165) is 23.9 Å². The summed E-state index contributed by atoms with van der Waals surface area (Å²) in [6.45, 7) is 8.82. The summed E-state index contributed by atoms with van der Waals surface area (Å²) in [5.74, 6) is 0.877. The number of hydrogen-bond donors (Lipinski definition) is 1. The summed E-state index contributed by atoms with van der Waals surface area (Å²) in [5.41, 5.74) is 0. The van der Waals surface area contributed by atoms with E-state index in [2.05, 4.69) is 34.3 Å². The molecule has 0 radical (unpaired) electrons. The number of anilines is 1. The maximum atomic E-state index is 4.99. The molecule has 0 amide bonds. The number of ether oxygens (including phenoxy) is 1. The lowest BCUT2D eigenvalue weighted by atomic mass is 10.4. The van der Waals surface area contributed by atoms with Crippen LogP contribution in [0.3, 0.4) is 0 Å². The Hall–Kier alpha value is -0.463. The first-order valence-corrected chi connectivity index (χ1v) is 10.0. The Balaban J connectivity index is 2.29. The lowest BCUT2D eigenvalue weighted by molar-refractivity contribution is 0.201. The van der Waals surface area contributed by atoms with E-state index in [9.17, 15) is 0 Å². The summed E-state index contributed by atoms with van der Waals surface area (Å²) in [5, 5.41) is 4.27. The lowest BCUT2D eigenvalue weighted by Crippen LogP contribution is -2.23. The zero-order valence-electron chi connectivity index (χ0n) is 10.5. The molecule has 1 aromatic rings. The largest absolute Gasteiger partial charge is 0.384 e. The molecule has 0 saturated heterocycles. The highest BCUT2D eigenvalue weighted by atomic mass is 32.1. The molecule has 0 spiro atoms. The van der Waals surface area contributed by atoms with Crippen LogP contribution < -0.4 is 5.32 Å². The minimum absolute atomic E-state index is 0.686. The highest BCUT2D eigenvalue weighted by molar-refractivity contribution is 7.09. The number of rotatable bonds is 7. The molecule has 0 saturated carbocycles. The number of methoxy groups -OCH3 is 1. The lowest BCUT2D eigenvalue weighted by Gasteiger charge is -2.15. The van der Waals surface area contributed by atoms with Gasteiger partial charge in [0.25, 0.3) is 0 Å². The van der Waals surface area contributed by atoms with Crippen LogP contribution in [0.5, 0.6) is 0 Å². The zero-order valence-corrected chi connectivity index (χ0v) is 12.4. The molecule has 0 fully saturated rings. The second-order valence-electron chi connectivity index (χ2n) is 5.00. The van der Waals surface area contributed by atoms with Gasteiger partial charge in [-0.1, -0.05) is 19.6 Å². The molecule has 1 aromatic heterocycles. The molecule has 16 heavy (non-hydrogen) atoms. The highest BCUT2D eigenvalue weighted by Crippen LogP contribution is 2.13. The third kappa shape index (κ3) is 5.57. The maximum Gasteiger partial charge on any atom is 0.202 e. The molecule has 1 N–H and O–H groups in total. The SMILES string of the molecule is COCCc1nsc(NCC[Si](C)(C)C)n1. The molecule has 4 nitrogen and oxygen atoms in total. The minimum Gasteiger partial charge on any atom is -0.384 e. The fourth-order valence-corrected chi connectivity index (χ4v) is 2.68. The van der Waals surface area contributed by atoms with Gasteiger partial charge < -0.3 is 10.1 Å². The van der Waals surface area contributed by atoms with Gasteiger partial charge in [0, 0.05) is 39.7 Å². The fraction of sp³-hybridized carbons (Fsp3) is 0.800. The van der Waals surface area contributed by atoms with Crippen molar-refractivity contribution in [3.8, 4) is 0 Å². The molecule has 0 unspecified atom stereocenters. The summed E-state index contributed by atoms with van der Waals surface area (Å²) in [7, 11) is 0.743. The van der Waals surface area contributed by atoms with Gasteiger partial charge in [0.1, 0.15) is 5.82 Å². The van der Waals surface area contributed by atoms with Crippen LogP contribution in [0.25, 0.3) is 0 Å². The Kier molecular flexibility index (Phi) is 5.37. The van der Waals surface area contributed by atoms with Crippen LogP contribution in [0, 0.1) is 0 Å². The van der Waals surface area contributed by atoms with E-state index in [1.807, 2.05) is 0 Å². The van der Waals surface area contributed by atoms with E-state index < -0.39 is 8.07 Å². The second-order valence-corrected chi connectivity index (χ2v) is 11.4. The predicted molar refractivity (Wildman–Crippen MR) is 72.1 cm³/mol. The minimum atomic E-state index is -0.951. The van der Waals surface area contributed by atoms with E-state index in [1.165, 1.54) is 17.6 Å². The van der Waals surface area contributed by atoms with Gasteiger partial charge in [-0.15, -0.1) is 0 Å². The van der Waals surface area contributed by atoms with Gasteiger partial charge in [0.15, 0.2) is 0 Å². The number of nitrogens with zero attached hydrogens (tertiary/aromatic N) is 2. The van der Waals surface area contributed by atoms with Crippen LogP contribution in [0.4, 0.5) is 5.13 Å². The van der Waals surface area contributed by atoms with Crippen LogP contribution >= 0.6 is 11.5 Å². The molecule has 0 aliphatic rings. The van der Waals surface area contributed by atoms with E-state index in [4.69, 9.17) is 4.74 Å². The van der Waals surface area contributed by atoms with Gasteiger partial charge in [-0.25, -0.2) is 4.98 Å². The molecule has 0 aliphatic carbocycles. The Morgan fingerprint density at radius 1 is 1.38 bits per heavy atom. The average Bonchev–Trinajstić information content (AvgIpc) is 2.61. The van der Waals surface area contributed by atoms with Crippen molar-refractivity contribution >= 4 is 24.7 Å². The van der Waals surface area contributed by atoms with Gasteiger partial charge in [0.2, 0.25) is 5.13 Å². The number of hydrogen-bond acceptors (Lipinski definition) is 5. The molecule has 0 bridgehead atoms. The average molecular weight is 259 g/mol. The first-order valence-electron chi connectivity index (χ1n) is 5.57. The van der Waals surface area contributed by atoms with Crippen molar-refractivity contribution in [2.24, 2.45) is 0 Å². The number of aromatic nitrogens is 2. The first-order chi connectivity index (χ1) is 7.51. The number of nitrogens with one attached hydrogen (secondary N) is 1. The summed E-state index contributed by atoms with van der Waals surface area (Å²) < 4.78 is 9.26. The third-order valence-electron chi connectivity index (χ3n) is 2.15. The van der Waals surface area contributed by atoms with Crippen LogP contribution in [-0.4, -0.2) is 37.7 Å². The topological polar surface area (TPSA) is 47.0 Å². The smallest absolute Gasteiger partial charge is 0.202 e. The second kappa shape index (κ2) is 6.32. The Morgan fingerprint density at radius 3 is 2.75 bits per heavy atom. The Bertz CT molecular complexity index is 311. The van der Waals surface area contributed by atoms with Crippen LogP contribution in [-0.2, 0) is 11.2 Å². The molecule has 1 heterocycles. The van der Waals surface area contributed by atoms with Crippen molar-refractivity contribution in [3.05, 3.63) is 5.82 Å². The summed E-state index contributed by atoms with van der Waals surface area (Å²) in [6.07, 6.45) is 0.794. The Morgan fingerprint density at radius 2 is 2.12 bits per heavy atom. The molecule has 6 heteroatoms. The standard InChI is InChI=1S/C10H21N3OSSi/c1-14-7-5-9-12-10(15-13-9)11-6-8-16(2,3)4/h5-8H2,1-4H3,(H,11,12,13). The summed E-state index contributed by atoms with van der Waals surface area (Å²) in [4.78, 5) is 4.40. The zero-order chi connectivity index (χ0) is 12.0. The van der Waals surface area contributed by atoms with Crippen molar-refractivity contribution < 1.29 is 4.74 Å².